The first kappa shape index (κ1) is 14.0. The number of hydrogen-bond acceptors (Lipinski definition) is 6. The van der Waals surface area contributed by atoms with Crippen LogP contribution in [0.3, 0.4) is 0 Å². The molecular weight excluding hydrogens is 312 g/mol. The number of fused-ring (bicyclic) bond motifs is 1. The Morgan fingerprint density at radius 2 is 2.13 bits per heavy atom. The third-order valence-corrected chi connectivity index (χ3v) is 4.51. The van der Waals surface area contributed by atoms with Crippen LogP contribution in [0.25, 0.3) is 0 Å². The molecule has 0 aliphatic carbocycles. The lowest BCUT2D eigenvalue weighted by atomic mass is 10.0. The van der Waals surface area contributed by atoms with Gasteiger partial charge in [-0.25, -0.2) is 0 Å². The Morgan fingerprint density at radius 3 is 2.87 bits per heavy atom. The number of aromatic nitrogens is 2. The van der Waals surface area contributed by atoms with E-state index in [2.05, 4.69) is 14.5 Å². The SMILES string of the molecule is CN1c2ccccc2C(=O)N(Cc2ccco2)[C@@H]1c1csnn1. The topological polar surface area (TPSA) is 62.5 Å². The monoisotopic (exact) mass is 326 g/mol. The minimum absolute atomic E-state index is 0.0342. The maximum Gasteiger partial charge on any atom is 0.258 e. The van der Waals surface area contributed by atoms with Crippen LogP contribution < -0.4 is 4.90 Å². The van der Waals surface area contributed by atoms with Gasteiger partial charge < -0.3 is 14.2 Å². The number of para-hydroxylation sites is 1. The van der Waals surface area contributed by atoms with Crippen molar-refractivity contribution in [1.82, 2.24) is 14.5 Å². The summed E-state index contributed by atoms with van der Waals surface area (Å²) in [4.78, 5) is 16.8. The van der Waals surface area contributed by atoms with Crippen molar-refractivity contribution in [3.63, 3.8) is 0 Å². The zero-order chi connectivity index (χ0) is 15.8. The number of carbonyl (C=O) groups is 1. The molecule has 3 aromatic rings. The lowest BCUT2D eigenvalue weighted by Crippen LogP contribution is -2.47. The summed E-state index contributed by atoms with van der Waals surface area (Å²) in [5.74, 6) is 0.701. The number of carbonyl (C=O) groups excluding carboxylic acids is 1. The predicted octanol–water partition coefficient (Wildman–Crippen LogP) is 2.92. The lowest BCUT2D eigenvalue weighted by molar-refractivity contribution is 0.0614. The van der Waals surface area contributed by atoms with Crippen LogP contribution in [-0.2, 0) is 6.54 Å². The maximum atomic E-state index is 13.0. The van der Waals surface area contributed by atoms with Crippen LogP contribution in [-0.4, -0.2) is 27.4 Å². The molecule has 0 fully saturated rings. The molecule has 1 aromatic carbocycles. The van der Waals surface area contributed by atoms with Crippen molar-refractivity contribution in [2.75, 3.05) is 11.9 Å². The Hall–Kier alpha value is -2.67. The Balaban J connectivity index is 1.81. The van der Waals surface area contributed by atoms with Crippen molar-refractivity contribution in [2.24, 2.45) is 0 Å². The van der Waals surface area contributed by atoms with E-state index in [1.54, 1.807) is 11.2 Å². The van der Waals surface area contributed by atoms with Crippen LogP contribution in [0, 0.1) is 0 Å². The first-order valence-electron chi connectivity index (χ1n) is 7.18. The number of amides is 1. The molecule has 0 bridgehead atoms. The molecular formula is C16H14N4O2S. The van der Waals surface area contributed by atoms with E-state index in [0.717, 1.165) is 17.1 Å². The van der Waals surface area contributed by atoms with Crippen LogP contribution in [0.1, 0.15) is 28.0 Å². The van der Waals surface area contributed by atoms with Crippen LogP contribution in [0.5, 0.6) is 0 Å². The molecule has 1 amide bonds. The van der Waals surface area contributed by atoms with E-state index < -0.39 is 0 Å². The molecule has 0 N–H and O–H groups in total. The van der Waals surface area contributed by atoms with E-state index >= 15 is 0 Å². The largest absolute Gasteiger partial charge is 0.467 e. The molecule has 116 valence electrons. The number of hydrogen-bond donors (Lipinski definition) is 0. The summed E-state index contributed by atoms with van der Waals surface area (Å²) in [6.07, 6.45) is 1.31. The van der Waals surface area contributed by atoms with Crippen molar-refractivity contribution in [3.8, 4) is 0 Å². The standard InChI is InChI=1S/C16H14N4O2S/c1-19-14-7-3-2-6-12(14)16(21)20(9-11-5-4-8-22-11)15(19)13-10-23-18-17-13/h2-8,10,15H,9H2,1H3/t15-/m1/s1. The zero-order valence-electron chi connectivity index (χ0n) is 12.4. The van der Waals surface area contributed by atoms with Crippen LogP contribution in [0.4, 0.5) is 5.69 Å². The molecule has 0 radical (unpaired) electrons. The van der Waals surface area contributed by atoms with E-state index in [4.69, 9.17) is 4.42 Å². The fourth-order valence-electron chi connectivity index (χ4n) is 2.94. The van der Waals surface area contributed by atoms with Crippen LogP contribution in [0.15, 0.2) is 52.5 Å². The lowest BCUT2D eigenvalue weighted by Gasteiger charge is -2.42. The molecule has 0 unspecified atom stereocenters. The second-order valence-electron chi connectivity index (χ2n) is 5.34. The smallest absolute Gasteiger partial charge is 0.258 e. The van der Waals surface area contributed by atoms with Crippen LogP contribution >= 0.6 is 11.5 Å². The molecule has 23 heavy (non-hydrogen) atoms. The van der Waals surface area contributed by atoms with Gasteiger partial charge in [0.15, 0.2) is 6.17 Å². The second-order valence-corrected chi connectivity index (χ2v) is 5.95. The number of benzene rings is 1. The predicted molar refractivity (Wildman–Crippen MR) is 86.1 cm³/mol. The van der Waals surface area contributed by atoms with Gasteiger partial charge in [0.25, 0.3) is 5.91 Å². The molecule has 0 saturated heterocycles. The van der Waals surface area contributed by atoms with E-state index in [1.807, 2.05) is 48.8 Å². The van der Waals surface area contributed by atoms with Gasteiger partial charge in [-0.15, -0.1) is 5.10 Å². The third-order valence-electron chi connectivity index (χ3n) is 3.99. The first-order valence-corrected chi connectivity index (χ1v) is 8.01. The third kappa shape index (κ3) is 2.29. The summed E-state index contributed by atoms with van der Waals surface area (Å²) in [5, 5.41) is 6.05. The number of rotatable bonds is 3. The molecule has 1 aliphatic heterocycles. The molecule has 6 nitrogen and oxygen atoms in total. The Morgan fingerprint density at radius 1 is 1.26 bits per heavy atom. The molecule has 0 spiro atoms. The number of anilines is 1. The summed E-state index contributed by atoms with van der Waals surface area (Å²) in [6, 6.07) is 11.3. The van der Waals surface area contributed by atoms with Gasteiger partial charge in [-0.1, -0.05) is 16.6 Å². The van der Waals surface area contributed by atoms with Crippen molar-refractivity contribution in [3.05, 3.63) is 65.1 Å². The molecule has 4 rings (SSSR count). The van der Waals surface area contributed by atoms with Crippen LogP contribution in [0.2, 0.25) is 0 Å². The van der Waals surface area contributed by atoms with Crippen molar-refractivity contribution in [1.29, 1.82) is 0 Å². The minimum atomic E-state index is -0.304. The fraction of sp³-hybridized carbons (Fsp3) is 0.188. The molecule has 7 heteroatoms. The van der Waals surface area contributed by atoms with Gasteiger partial charge in [0.1, 0.15) is 11.5 Å². The molecule has 0 saturated carbocycles. The fourth-order valence-corrected chi connectivity index (χ4v) is 3.41. The van der Waals surface area contributed by atoms with E-state index in [-0.39, 0.29) is 12.1 Å². The summed E-state index contributed by atoms with van der Waals surface area (Å²) >= 11 is 1.28. The highest BCUT2D eigenvalue weighted by Gasteiger charge is 2.38. The van der Waals surface area contributed by atoms with E-state index in [1.165, 1.54) is 11.5 Å². The normalized spacial score (nSPS) is 17.4. The first-order chi connectivity index (χ1) is 11.3. The van der Waals surface area contributed by atoms with Gasteiger partial charge in [-0.3, -0.25) is 4.79 Å². The average Bonchev–Trinajstić information content (AvgIpc) is 3.26. The van der Waals surface area contributed by atoms with Gasteiger partial charge in [0.2, 0.25) is 0 Å². The Bertz CT molecular complexity index is 816. The Labute approximate surface area is 137 Å². The highest BCUT2D eigenvalue weighted by atomic mass is 32.1. The van der Waals surface area contributed by atoms with E-state index in [0.29, 0.717) is 12.1 Å². The van der Waals surface area contributed by atoms with Crippen molar-refractivity contribution >= 4 is 23.1 Å². The minimum Gasteiger partial charge on any atom is -0.467 e. The van der Waals surface area contributed by atoms with Gasteiger partial charge in [-0.05, 0) is 35.8 Å². The highest BCUT2D eigenvalue weighted by molar-refractivity contribution is 7.03. The summed E-state index contributed by atoms with van der Waals surface area (Å²) in [6.45, 7) is 0.382. The van der Waals surface area contributed by atoms with Gasteiger partial charge in [-0.2, -0.15) is 0 Å². The number of furan rings is 1. The zero-order valence-corrected chi connectivity index (χ0v) is 13.2. The molecule has 1 atom stereocenters. The van der Waals surface area contributed by atoms with Gasteiger partial charge in [0, 0.05) is 12.4 Å². The molecule has 1 aliphatic rings. The molecule has 3 heterocycles. The number of nitrogens with zero attached hydrogens (tertiary/aromatic N) is 4. The summed E-state index contributed by atoms with van der Waals surface area (Å²) in [7, 11) is 1.96. The molecule has 2 aromatic heterocycles. The maximum absolute atomic E-state index is 13.0. The van der Waals surface area contributed by atoms with Crippen molar-refractivity contribution in [2.45, 2.75) is 12.7 Å². The second kappa shape index (κ2) is 5.51. The highest BCUT2D eigenvalue weighted by Crippen LogP contribution is 2.37. The van der Waals surface area contributed by atoms with Gasteiger partial charge in [0.05, 0.1) is 24.1 Å². The average molecular weight is 326 g/mol. The quantitative estimate of drug-likeness (QED) is 0.740. The van der Waals surface area contributed by atoms with Crippen molar-refractivity contribution < 1.29 is 9.21 Å². The summed E-state index contributed by atoms with van der Waals surface area (Å²) < 4.78 is 9.38. The van der Waals surface area contributed by atoms with Gasteiger partial charge >= 0.3 is 0 Å². The van der Waals surface area contributed by atoms with E-state index in [9.17, 15) is 4.79 Å². The summed E-state index contributed by atoms with van der Waals surface area (Å²) in [5.41, 5.74) is 2.33. The Kier molecular flexibility index (Phi) is 3.34.